The molecule has 7 nitrogen and oxygen atoms in total. The molecule has 15 aromatic rings. The van der Waals surface area contributed by atoms with Crippen molar-refractivity contribution < 1.29 is 0 Å². The van der Waals surface area contributed by atoms with Gasteiger partial charge in [0.15, 0.2) is 11.6 Å². The normalized spacial score (nSPS) is 11.8. The van der Waals surface area contributed by atoms with Crippen LogP contribution in [0.25, 0.3) is 139 Å². The lowest BCUT2D eigenvalue weighted by atomic mass is 9.92. The lowest BCUT2D eigenvalue weighted by Gasteiger charge is -2.13. The van der Waals surface area contributed by atoms with Gasteiger partial charge in [-0.15, -0.1) is 0 Å². The first kappa shape index (κ1) is 40.9. The predicted octanol–water partition coefficient (Wildman–Crippen LogP) is 16.4. The number of hydrogen-bond acceptors (Lipinski definition) is 4. The molecule has 340 valence electrons. The van der Waals surface area contributed by atoms with E-state index in [1.165, 1.54) is 54.5 Å². The van der Waals surface area contributed by atoms with Crippen LogP contribution in [0, 0.1) is 0 Å². The number of nitrogens with zero attached hydrogens (tertiary/aromatic N) is 7. The highest BCUT2D eigenvalue weighted by molar-refractivity contribution is 6.15. The molecule has 10 aromatic carbocycles. The Labute approximate surface area is 419 Å². The molecule has 5 heterocycles. The number of rotatable bonds is 7. The summed E-state index contributed by atoms with van der Waals surface area (Å²) in [6, 6.07) is 84.4. The van der Waals surface area contributed by atoms with E-state index in [4.69, 9.17) is 15.0 Å². The molecule has 0 unspecified atom stereocenters. The van der Waals surface area contributed by atoms with Crippen molar-refractivity contribution in [2.24, 2.45) is 0 Å². The molecule has 15 rings (SSSR count). The minimum atomic E-state index is 0.576. The molecule has 5 aromatic heterocycles. The maximum absolute atomic E-state index is 5.15. The van der Waals surface area contributed by atoms with Crippen LogP contribution in [0.15, 0.2) is 249 Å². The fourth-order valence-corrected chi connectivity index (χ4v) is 11.3. The molecule has 0 atom stereocenters. The Balaban J connectivity index is 0.854. The molecule has 0 fully saturated rings. The Bertz CT molecular complexity index is 4610. The highest BCUT2D eigenvalue weighted by atomic mass is 15.2. The number of pyridine rings is 1. The van der Waals surface area contributed by atoms with E-state index in [1.54, 1.807) is 0 Å². The van der Waals surface area contributed by atoms with Gasteiger partial charge in [0, 0.05) is 61.0 Å². The average Bonchev–Trinajstić information content (AvgIpc) is 4.10. The van der Waals surface area contributed by atoms with Crippen molar-refractivity contribution in [3.63, 3.8) is 0 Å². The molecule has 0 radical (unpaired) electrons. The zero-order valence-electron chi connectivity index (χ0n) is 39.3. The summed E-state index contributed by atoms with van der Waals surface area (Å²) in [5.74, 6) is 1.83. The third kappa shape index (κ3) is 6.46. The van der Waals surface area contributed by atoms with E-state index in [2.05, 4.69) is 195 Å². The summed E-state index contributed by atoms with van der Waals surface area (Å²) >= 11 is 0. The average molecular weight is 932 g/mol. The predicted molar refractivity (Wildman–Crippen MR) is 300 cm³/mol. The van der Waals surface area contributed by atoms with E-state index in [0.29, 0.717) is 17.6 Å². The number of benzene rings is 10. The molecule has 0 N–H and O–H groups in total. The van der Waals surface area contributed by atoms with Crippen molar-refractivity contribution in [3.8, 4) is 62.4 Å². The van der Waals surface area contributed by atoms with E-state index in [-0.39, 0.29) is 0 Å². The number of para-hydroxylation sites is 3. The zero-order chi connectivity index (χ0) is 48.0. The SMILES string of the molecule is c1ccc(-c2nc(-c3ccccc3)nc(-n3c4ccccc4c4cc(-c5cccc6c(-c7ccc8c(c7)c7ccccc7n8-c7ccc8c(c7)c7ccncc7n8-c7ccccc7)cccc56)ccc43)n2)cc1. The molecule has 73 heavy (non-hydrogen) atoms. The third-order valence-corrected chi connectivity index (χ3v) is 14.6. The van der Waals surface area contributed by atoms with E-state index in [9.17, 15) is 0 Å². The van der Waals surface area contributed by atoms with Gasteiger partial charge in [0.2, 0.25) is 5.95 Å². The van der Waals surface area contributed by atoms with Gasteiger partial charge < -0.3 is 9.13 Å². The monoisotopic (exact) mass is 931 g/mol. The first-order chi connectivity index (χ1) is 36.2. The summed E-state index contributed by atoms with van der Waals surface area (Å²) in [5.41, 5.74) is 15.4. The molecule has 0 bridgehead atoms. The van der Waals surface area contributed by atoms with Crippen LogP contribution in [0.4, 0.5) is 0 Å². The van der Waals surface area contributed by atoms with Gasteiger partial charge in [0.1, 0.15) is 0 Å². The van der Waals surface area contributed by atoms with Gasteiger partial charge in [-0.25, -0.2) is 4.98 Å². The largest absolute Gasteiger partial charge is 0.309 e. The summed E-state index contributed by atoms with van der Waals surface area (Å²) in [6.07, 6.45) is 3.87. The van der Waals surface area contributed by atoms with Crippen molar-refractivity contribution in [3.05, 3.63) is 249 Å². The summed E-state index contributed by atoms with van der Waals surface area (Å²) in [7, 11) is 0. The molecule has 0 saturated heterocycles. The number of fused-ring (bicyclic) bond motifs is 10. The Morgan fingerprint density at radius 2 is 0.712 bits per heavy atom. The van der Waals surface area contributed by atoms with E-state index in [0.717, 1.165) is 66.4 Å². The second-order valence-corrected chi connectivity index (χ2v) is 18.7. The highest BCUT2D eigenvalue weighted by Crippen LogP contribution is 2.42. The van der Waals surface area contributed by atoms with Gasteiger partial charge in [-0.3, -0.25) is 9.55 Å². The minimum Gasteiger partial charge on any atom is -0.309 e. The van der Waals surface area contributed by atoms with E-state index >= 15 is 0 Å². The lowest BCUT2D eigenvalue weighted by Crippen LogP contribution is -2.06. The Morgan fingerprint density at radius 3 is 1.32 bits per heavy atom. The van der Waals surface area contributed by atoms with Crippen LogP contribution in [-0.2, 0) is 0 Å². The van der Waals surface area contributed by atoms with Crippen LogP contribution in [-0.4, -0.2) is 33.6 Å². The topological polar surface area (TPSA) is 66.3 Å². The van der Waals surface area contributed by atoms with Crippen LogP contribution in [0.2, 0.25) is 0 Å². The van der Waals surface area contributed by atoms with Crippen molar-refractivity contribution in [1.82, 2.24) is 33.6 Å². The Kier molecular flexibility index (Phi) is 9.13. The number of hydrogen-bond donors (Lipinski definition) is 0. The van der Waals surface area contributed by atoms with Crippen molar-refractivity contribution in [1.29, 1.82) is 0 Å². The zero-order valence-corrected chi connectivity index (χ0v) is 39.3. The van der Waals surface area contributed by atoms with Gasteiger partial charge in [-0.05, 0) is 106 Å². The van der Waals surface area contributed by atoms with E-state index < -0.39 is 0 Å². The first-order valence-electron chi connectivity index (χ1n) is 24.6. The van der Waals surface area contributed by atoms with Gasteiger partial charge in [0.05, 0.1) is 39.3 Å². The molecule has 0 spiro atoms. The summed E-state index contributed by atoms with van der Waals surface area (Å²) in [5, 5.41) is 9.45. The molecule has 0 saturated carbocycles. The fraction of sp³-hybridized carbons (Fsp3) is 0. The second kappa shape index (κ2) is 16.3. The molecular formula is C66H41N7. The van der Waals surface area contributed by atoms with Gasteiger partial charge in [0.25, 0.3) is 0 Å². The van der Waals surface area contributed by atoms with Crippen molar-refractivity contribution in [2.75, 3.05) is 0 Å². The van der Waals surface area contributed by atoms with Crippen LogP contribution >= 0.6 is 0 Å². The highest BCUT2D eigenvalue weighted by Gasteiger charge is 2.21. The Morgan fingerprint density at radius 1 is 0.260 bits per heavy atom. The maximum Gasteiger partial charge on any atom is 0.238 e. The lowest BCUT2D eigenvalue weighted by molar-refractivity contribution is 0.953. The van der Waals surface area contributed by atoms with E-state index in [1.807, 2.05) is 73.1 Å². The quantitative estimate of drug-likeness (QED) is 0.160. The fourth-order valence-electron chi connectivity index (χ4n) is 11.3. The van der Waals surface area contributed by atoms with Gasteiger partial charge in [-0.1, -0.05) is 164 Å². The van der Waals surface area contributed by atoms with Crippen molar-refractivity contribution in [2.45, 2.75) is 0 Å². The van der Waals surface area contributed by atoms with Gasteiger partial charge in [-0.2, -0.15) is 9.97 Å². The molecule has 0 aliphatic carbocycles. The maximum atomic E-state index is 5.15. The standard InChI is InChI=1S/C66H41N7/c1-4-16-42(17-5-1)64-68-65(43-18-6-2-7-19-43)70-66(69-64)73-59-29-13-11-23-53(59)56-39-45(31-34-62(56)73)49-25-15-26-50-48(24-14-27-51(49)50)44-30-33-60-55(38-44)52-22-10-12-28-58(52)72(60)47-32-35-61-57(40-47)54-36-37-67-41-63(54)71(61)46-20-8-3-9-21-46/h1-41H. The molecular weight excluding hydrogens is 891 g/mol. The minimum absolute atomic E-state index is 0.576. The molecule has 0 amide bonds. The van der Waals surface area contributed by atoms with Crippen molar-refractivity contribution >= 4 is 76.2 Å². The third-order valence-electron chi connectivity index (χ3n) is 14.6. The molecule has 0 aliphatic heterocycles. The number of aromatic nitrogens is 7. The smallest absolute Gasteiger partial charge is 0.238 e. The summed E-state index contributed by atoms with van der Waals surface area (Å²) < 4.78 is 6.92. The molecule has 0 aliphatic rings. The van der Waals surface area contributed by atoms with Crippen LogP contribution in [0.1, 0.15) is 0 Å². The molecule has 7 heteroatoms. The van der Waals surface area contributed by atoms with Crippen LogP contribution in [0.5, 0.6) is 0 Å². The summed E-state index contributed by atoms with van der Waals surface area (Å²) in [6.45, 7) is 0. The Hall–Kier alpha value is -9.98. The van der Waals surface area contributed by atoms with Crippen LogP contribution in [0.3, 0.4) is 0 Å². The second-order valence-electron chi connectivity index (χ2n) is 18.7. The summed E-state index contributed by atoms with van der Waals surface area (Å²) in [4.78, 5) is 19.8. The first-order valence-corrected chi connectivity index (χ1v) is 24.6. The van der Waals surface area contributed by atoms with Crippen LogP contribution < -0.4 is 0 Å². The van der Waals surface area contributed by atoms with Gasteiger partial charge >= 0.3 is 0 Å².